The summed E-state index contributed by atoms with van der Waals surface area (Å²) in [5.74, 6) is 0.188. The molecular formula is C21H20ClFN4O. The van der Waals surface area contributed by atoms with Crippen LogP contribution in [-0.2, 0) is 19.5 Å². The first-order valence-electron chi connectivity index (χ1n) is 9.06. The molecule has 28 heavy (non-hydrogen) atoms. The number of aryl methyl sites for hydroxylation is 1. The van der Waals surface area contributed by atoms with Gasteiger partial charge in [-0.3, -0.25) is 9.69 Å². The Morgan fingerprint density at radius 3 is 2.75 bits per heavy atom. The molecule has 2 heterocycles. The highest BCUT2D eigenvalue weighted by Crippen LogP contribution is 2.27. The fraction of sp³-hybridized carbons (Fsp3) is 0.238. The normalized spacial score (nSPS) is 14.1. The van der Waals surface area contributed by atoms with Crippen LogP contribution in [0.3, 0.4) is 0 Å². The molecule has 5 nitrogen and oxygen atoms in total. The van der Waals surface area contributed by atoms with Gasteiger partial charge >= 0.3 is 0 Å². The summed E-state index contributed by atoms with van der Waals surface area (Å²) in [6, 6.07) is 10.3. The second kappa shape index (κ2) is 7.37. The number of nitrogens with two attached hydrogens (primary N) is 1. The standard InChI is InChI=1S/C21H20ClFN4O/c1-12-2-7-17(23)16(19(12)22)10-27-9-8-15-18(11-27)25-20(26-21(15)28)13-3-5-14(24)6-4-13/h2-7H,8-11,24H2,1H3,(H,25,26,28). The van der Waals surface area contributed by atoms with E-state index in [-0.39, 0.29) is 11.4 Å². The second-order valence-electron chi connectivity index (χ2n) is 7.08. The molecule has 144 valence electrons. The number of benzene rings is 2. The summed E-state index contributed by atoms with van der Waals surface area (Å²) in [6.45, 7) is 3.34. The molecule has 1 aliphatic heterocycles. The van der Waals surface area contributed by atoms with Crippen LogP contribution in [0.25, 0.3) is 11.4 Å². The third-order valence-corrected chi connectivity index (χ3v) is 5.62. The fourth-order valence-electron chi connectivity index (χ4n) is 3.49. The zero-order valence-corrected chi connectivity index (χ0v) is 16.2. The molecule has 1 aliphatic rings. The van der Waals surface area contributed by atoms with Crippen molar-refractivity contribution in [3.05, 3.63) is 80.0 Å². The zero-order valence-electron chi connectivity index (χ0n) is 15.4. The molecule has 3 aromatic rings. The maximum Gasteiger partial charge on any atom is 0.254 e. The van der Waals surface area contributed by atoms with E-state index in [1.54, 1.807) is 18.2 Å². The molecular weight excluding hydrogens is 379 g/mol. The van der Waals surface area contributed by atoms with Gasteiger partial charge in [-0.25, -0.2) is 9.37 Å². The van der Waals surface area contributed by atoms with E-state index in [0.717, 1.165) is 11.1 Å². The molecule has 4 rings (SSSR count). The molecule has 0 radical (unpaired) electrons. The molecule has 7 heteroatoms. The van der Waals surface area contributed by atoms with Crippen LogP contribution in [0, 0.1) is 12.7 Å². The van der Waals surface area contributed by atoms with Gasteiger partial charge in [-0.1, -0.05) is 17.7 Å². The number of nitrogens with zero attached hydrogens (tertiary/aromatic N) is 2. The maximum atomic E-state index is 14.3. The summed E-state index contributed by atoms with van der Waals surface area (Å²) in [6.07, 6.45) is 0.560. The van der Waals surface area contributed by atoms with Crippen molar-refractivity contribution < 1.29 is 4.39 Å². The van der Waals surface area contributed by atoms with Gasteiger partial charge in [-0.15, -0.1) is 0 Å². The number of H-pyrrole nitrogens is 1. The van der Waals surface area contributed by atoms with Gasteiger partial charge in [-0.2, -0.15) is 0 Å². The highest BCUT2D eigenvalue weighted by atomic mass is 35.5. The summed E-state index contributed by atoms with van der Waals surface area (Å²) in [7, 11) is 0. The second-order valence-corrected chi connectivity index (χ2v) is 7.46. The van der Waals surface area contributed by atoms with Crippen LogP contribution < -0.4 is 11.3 Å². The molecule has 0 saturated carbocycles. The predicted octanol–water partition coefficient (Wildman–Crippen LogP) is 3.68. The van der Waals surface area contributed by atoms with E-state index in [4.69, 9.17) is 17.3 Å². The van der Waals surface area contributed by atoms with Gasteiger partial charge in [0.15, 0.2) is 0 Å². The van der Waals surface area contributed by atoms with Gasteiger partial charge in [0.25, 0.3) is 5.56 Å². The van der Waals surface area contributed by atoms with Crippen molar-refractivity contribution in [1.82, 2.24) is 14.9 Å². The molecule has 2 aromatic carbocycles. The largest absolute Gasteiger partial charge is 0.399 e. The Bertz CT molecular complexity index is 1090. The molecule has 0 spiro atoms. The molecule has 1 aromatic heterocycles. The van der Waals surface area contributed by atoms with Crippen molar-refractivity contribution in [2.24, 2.45) is 0 Å². The number of anilines is 1. The van der Waals surface area contributed by atoms with E-state index in [9.17, 15) is 9.18 Å². The fourth-order valence-corrected chi connectivity index (χ4v) is 3.70. The Hall–Kier alpha value is -2.70. The third kappa shape index (κ3) is 3.53. The van der Waals surface area contributed by atoms with Gasteiger partial charge < -0.3 is 10.7 Å². The summed E-state index contributed by atoms with van der Waals surface area (Å²) >= 11 is 6.31. The van der Waals surface area contributed by atoms with Crippen molar-refractivity contribution in [1.29, 1.82) is 0 Å². The lowest BCUT2D eigenvalue weighted by molar-refractivity contribution is 0.237. The summed E-state index contributed by atoms with van der Waals surface area (Å²) in [5, 5.41) is 0.451. The van der Waals surface area contributed by atoms with Gasteiger partial charge in [0.1, 0.15) is 11.6 Å². The Labute approximate surface area is 167 Å². The number of rotatable bonds is 3. The van der Waals surface area contributed by atoms with Crippen molar-refractivity contribution in [3.63, 3.8) is 0 Å². The van der Waals surface area contributed by atoms with Gasteiger partial charge in [0.2, 0.25) is 0 Å². The lowest BCUT2D eigenvalue weighted by Gasteiger charge is -2.28. The van der Waals surface area contributed by atoms with Gasteiger partial charge in [-0.05, 0) is 49.2 Å². The summed E-state index contributed by atoms with van der Waals surface area (Å²) < 4.78 is 14.3. The van der Waals surface area contributed by atoms with Crippen LogP contribution in [0.2, 0.25) is 5.02 Å². The van der Waals surface area contributed by atoms with Crippen LogP contribution in [0.4, 0.5) is 10.1 Å². The number of nitrogen functional groups attached to an aromatic ring is 1. The first kappa shape index (κ1) is 18.7. The number of hydrogen-bond donors (Lipinski definition) is 2. The highest BCUT2D eigenvalue weighted by Gasteiger charge is 2.23. The Balaban J connectivity index is 1.64. The van der Waals surface area contributed by atoms with Crippen molar-refractivity contribution in [3.8, 4) is 11.4 Å². The number of halogens is 2. The van der Waals surface area contributed by atoms with E-state index in [1.165, 1.54) is 6.07 Å². The minimum atomic E-state index is -0.317. The minimum Gasteiger partial charge on any atom is -0.399 e. The van der Waals surface area contributed by atoms with Crippen LogP contribution in [0.5, 0.6) is 0 Å². The number of nitrogens with one attached hydrogen (secondary N) is 1. The summed E-state index contributed by atoms with van der Waals surface area (Å²) in [4.78, 5) is 22.1. The number of aromatic nitrogens is 2. The summed E-state index contributed by atoms with van der Waals surface area (Å²) in [5.41, 5.74) is 9.76. The minimum absolute atomic E-state index is 0.128. The number of fused-ring (bicyclic) bond motifs is 1. The van der Waals surface area contributed by atoms with Crippen LogP contribution in [0.1, 0.15) is 22.4 Å². The average molecular weight is 399 g/mol. The van der Waals surface area contributed by atoms with Crippen molar-refractivity contribution in [2.75, 3.05) is 12.3 Å². The van der Waals surface area contributed by atoms with E-state index < -0.39 is 0 Å². The van der Waals surface area contributed by atoms with E-state index >= 15 is 0 Å². The topological polar surface area (TPSA) is 75.0 Å². The predicted molar refractivity (Wildman–Crippen MR) is 109 cm³/mol. The van der Waals surface area contributed by atoms with Crippen LogP contribution in [0.15, 0.2) is 41.2 Å². The lowest BCUT2D eigenvalue weighted by Crippen LogP contribution is -2.35. The zero-order chi connectivity index (χ0) is 19.8. The number of hydrogen-bond acceptors (Lipinski definition) is 4. The van der Waals surface area contributed by atoms with E-state index in [2.05, 4.69) is 14.9 Å². The molecule has 0 fully saturated rings. The molecule has 3 N–H and O–H groups in total. The molecule has 0 atom stereocenters. The van der Waals surface area contributed by atoms with Crippen LogP contribution in [-0.4, -0.2) is 21.4 Å². The third-order valence-electron chi connectivity index (χ3n) is 5.10. The molecule has 0 bridgehead atoms. The van der Waals surface area contributed by atoms with E-state index in [0.29, 0.717) is 59.4 Å². The van der Waals surface area contributed by atoms with Crippen LogP contribution >= 0.6 is 11.6 Å². The highest BCUT2D eigenvalue weighted by molar-refractivity contribution is 6.32. The molecule has 0 aliphatic carbocycles. The average Bonchev–Trinajstić information content (AvgIpc) is 2.68. The first-order valence-corrected chi connectivity index (χ1v) is 9.44. The SMILES string of the molecule is Cc1ccc(F)c(CN2CCc3c(nc(-c4ccc(N)cc4)[nH]c3=O)C2)c1Cl. The first-order chi connectivity index (χ1) is 13.4. The van der Waals surface area contributed by atoms with Crippen molar-refractivity contribution in [2.45, 2.75) is 26.4 Å². The maximum absolute atomic E-state index is 14.3. The van der Waals surface area contributed by atoms with Gasteiger partial charge in [0.05, 0.1) is 10.7 Å². The van der Waals surface area contributed by atoms with E-state index in [1.807, 2.05) is 19.1 Å². The smallest absolute Gasteiger partial charge is 0.254 e. The Morgan fingerprint density at radius 2 is 2.00 bits per heavy atom. The van der Waals surface area contributed by atoms with Gasteiger partial charge in [0, 0.05) is 42.0 Å². The quantitative estimate of drug-likeness (QED) is 0.660. The monoisotopic (exact) mass is 398 g/mol. The Kier molecular flexibility index (Phi) is 4.91. The molecule has 0 saturated heterocycles. The molecule has 0 unspecified atom stereocenters. The lowest BCUT2D eigenvalue weighted by atomic mass is 10.0. The number of aromatic amines is 1. The molecule has 0 amide bonds. The van der Waals surface area contributed by atoms with Crippen molar-refractivity contribution >= 4 is 17.3 Å². The Morgan fingerprint density at radius 1 is 1.25 bits per heavy atom.